The van der Waals surface area contributed by atoms with Gasteiger partial charge in [0.25, 0.3) is 0 Å². The minimum atomic E-state index is -0.569. The van der Waals surface area contributed by atoms with Gasteiger partial charge in [0.2, 0.25) is 0 Å². The van der Waals surface area contributed by atoms with Crippen LogP contribution >= 0.6 is 0 Å². The maximum atomic E-state index is 9.19. The lowest BCUT2D eigenvalue weighted by molar-refractivity contribution is 0.0667. The first-order chi connectivity index (χ1) is 5.99. The molecule has 80 valence electrons. The SMILES string of the molecule is CC(C)N(CCC(O)CO)C(C)C. The standard InChI is InChI=1S/C10H23NO2/c1-8(2)11(9(3)4)6-5-10(13)7-12/h8-10,12-13H,5-7H2,1-4H3. The van der Waals surface area contributed by atoms with Crippen molar-refractivity contribution >= 4 is 0 Å². The zero-order valence-corrected chi connectivity index (χ0v) is 9.20. The third-order valence-corrected chi connectivity index (χ3v) is 2.26. The van der Waals surface area contributed by atoms with E-state index < -0.39 is 6.10 Å². The van der Waals surface area contributed by atoms with E-state index in [1.165, 1.54) is 0 Å². The van der Waals surface area contributed by atoms with Crippen molar-refractivity contribution in [2.24, 2.45) is 0 Å². The van der Waals surface area contributed by atoms with Crippen molar-refractivity contribution in [1.82, 2.24) is 4.90 Å². The normalized spacial score (nSPS) is 14.5. The molecule has 0 saturated heterocycles. The molecule has 0 aromatic carbocycles. The highest BCUT2D eigenvalue weighted by atomic mass is 16.3. The Balaban J connectivity index is 3.83. The van der Waals surface area contributed by atoms with Gasteiger partial charge in [0, 0.05) is 18.6 Å². The van der Waals surface area contributed by atoms with Gasteiger partial charge < -0.3 is 10.2 Å². The molecule has 13 heavy (non-hydrogen) atoms. The van der Waals surface area contributed by atoms with Crippen LogP contribution in [0.5, 0.6) is 0 Å². The molecule has 0 aliphatic heterocycles. The average molecular weight is 189 g/mol. The molecule has 0 aliphatic rings. The third kappa shape index (κ3) is 5.24. The molecule has 1 unspecified atom stereocenters. The first-order valence-corrected chi connectivity index (χ1v) is 5.03. The van der Waals surface area contributed by atoms with E-state index >= 15 is 0 Å². The lowest BCUT2D eigenvalue weighted by Gasteiger charge is -2.30. The summed E-state index contributed by atoms with van der Waals surface area (Å²) in [5.74, 6) is 0. The van der Waals surface area contributed by atoms with E-state index in [-0.39, 0.29) is 6.61 Å². The van der Waals surface area contributed by atoms with Gasteiger partial charge in [-0.25, -0.2) is 0 Å². The average Bonchev–Trinajstić information content (AvgIpc) is 2.03. The molecule has 0 aromatic heterocycles. The zero-order chi connectivity index (χ0) is 10.4. The number of hydrogen-bond acceptors (Lipinski definition) is 3. The molecule has 0 aliphatic carbocycles. The van der Waals surface area contributed by atoms with Crippen LogP contribution in [0.15, 0.2) is 0 Å². The first kappa shape index (κ1) is 12.9. The summed E-state index contributed by atoms with van der Waals surface area (Å²) in [6, 6.07) is 0.983. The van der Waals surface area contributed by atoms with Crippen LogP contribution in [0.4, 0.5) is 0 Å². The van der Waals surface area contributed by atoms with Crippen molar-refractivity contribution in [3.05, 3.63) is 0 Å². The van der Waals surface area contributed by atoms with Crippen molar-refractivity contribution in [3.63, 3.8) is 0 Å². The van der Waals surface area contributed by atoms with Crippen molar-refractivity contribution in [3.8, 4) is 0 Å². The van der Waals surface area contributed by atoms with Crippen LogP contribution in [0.2, 0.25) is 0 Å². The van der Waals surface area contributed by atoms with Crippen LogP contribution in [0, 0.1) is 0 Å². The molecule has 0 heterocycles. The maximum absolute atomic E-state index is 9.19. The summed E-state index contributed by atoms with van der Waals surface area (Å²) >= 11 is 0. The van der Waals surface area contributed by atoms with E-state index in [0.29, 0.717) is 18.5 Å². The molecular weight excluding hydrogens is 166 g/mol. The molecule has 0 rings (SSSR count). The summed E-state index contributed by atoms with van der Waals surface area (Å²) in [5, 5.41) is 17.9. The highest BCUT2D eigenvalue weighted by Gasteiger charge is 2.14. The van der Waals surface area contributed by atoms with Gasteiger partial charge in [0.1, 0.15) is 0 Å². The molecule has 0 aromatic rings. The molecule has 0 fully saturated rings. The molecule has 2 N–H and O–H groups in total. The molecule has 0 bridgehead atoms. The Morgan fingerprint density at radius 3 is 1.85 bits per heavy atom. The zero-order valence-electron chi connectivity index (χ0n) is 9.20. The van der Waals surface area contributed by atoms with E-state index in [0.717, 1.165) is 6.54 Å². The Morgan fingerprint density at radius 1 is 1.08 bits per heavy atom. The Hall–Kier alpha value is -0.120. The Labute approximate surface area is 81.4 Å². The highest BCUT2D eigenvalue weighted by Crippen LogP contribution is 2.06. The number of hydrogen-bond donors (Lipinski definition) is 2. The van der Waals surface area contributed by atoms with Crippen molar-refractivity contribution in [2.75, 3.05) is 13.2 Å². The quantitative estimate of drug-likeness (QED) is 0.651. The van der Waals surface area contributed by atoms with E-state index in [4.69, 9.17) is 5.11 Å². The number of aliphatic hydroxyl groups excluding tert-OH is 2. The van der Waals surface area contributed by atoms with Crippen LogP contribution in [0.3, 0.4) is 0 Å². The van der Waals surface area contributed by atoms with Gasteiger partial charge in [-0.15, -0.1) is 0 Å². The number of aliphatic hydroxyl groups is 2. The second-order valence-electron chi connectivity index (χ2n) is 4.05. The van der Waals surface area contributed by atoms with Crippen molar-refractivity contribution in [1.29, 1.82) is 0 Å². The predicted octanol–water partition coefficient (Wildman–Crippen LogP) is 0.848. The van der Waals surface area contributed by atoms with Crippen LogP contribution in [0.1, 0.15) is 34.1 Å². The van der Waals surface area contributed by atoms with E-state index in [9.17, 15) is 5.11 Å². The lowest BCUT2D eigenvalue weighted by atomic mass is 10.2. The third-order valence-electron chi connectivity index (χ3n) is 2.26. The number of nitrogens with zero attached hydrogens (tertiary/aromatic N) is 1. The lowest BCUT2D eigenvalue weighted by Crippen LogP contribution is -2.39. The van der Waals surface area contributed by atoms with Gasteiger partial charge in [-0.2, -0.15) is 0 Å². The second kappa shape index (κ2) is 6.35. The molecule has 3 nitrogen and oxygen atoms in total. The minimum Gasteiger partial charge on any atom is -0.394 e. The van der Waals surface area contributed by atoms with Gasteiger partial charge >= 0.3 is 0 Å². The summed E-state index contributed by atoms with van der Waals surface area (Å²) in [6.45, 7) is 9.29. The van der Waals surface area contributed by atoms with Gasteiger partial charge in [0.15, 0.2) is 0 Å². The second-order valence-corrected chi connectivity index (χ2v) is 4.05. The molecule has 0 amide bonds. The van der Waals surface area contributed by atoms with Crippen molar-refractivity contribution in [2.45, 2.75) is 52.3 Å². The summed E-state index contributed by atoms with van der Waals surface area (Å²) in [6.07, 6.45) is 0.0762. The van der Waals surface area contributed by atoms with Crippen molar-refractivity contribution < 1.29 is 10.2 Å². The molecule has 0 saturated carbocycles. The van der Waals surface area contributed by atoms with E-state index in [1.54, 1.807) is 0 Å². The van der Waals surface area contributed by atoms with Gasteiger partial charge in [0.05, 0.1) is 12.7 Å². The van der Waals surface area contributed by atoms with Crippen LogP contribution in [-0.2, 0) is 0 Å². The van der Waals surface area contributed by atoms with Gasteiger partial charge in [-0.1, -0.05) is 0 Å². The first-order valence-electron chi connectivity index (χ1n) is 5.03. The highest BCUT2D eigenvalue weighted by molar-refractivity contribution is 4.68. The number of rotatable bonds is 6. The van der Waals surface area contributed by atoms with E-state index in [1.807, 2.05) is 0 Å². The van der Waals surface area contributed by atoms with E-state index in [2.05, 4.69) is 32.6 Å². The van der Waals surface area contributed by atoms with Gasteiger partial charge in [-0.05, 0) is 34.1 Å². The predicted molar refractivity (Wildman–Crippen MR) is 54.7 cm³/mol. The van der Waals surface area contributed by atoms with Gasteiger partial charge in [-0.3, -0.25) is 4.90 Å². The summed E-state index contributed by atoms with van der Waals surface area (Å²) in [4.78, 5) is 2.30. The fourth-order valence-corrected chi connectivity index (χ4v) is 1.50. The smallest absolute Gasteiger partial charge is 0.0783 e. The summed E-state index contributed by atoms with van der Waals surface area (Å²) in [5.41, 5.74) is 0. The fourth-order valence-electron chi connectivity index (χ4n) is 1.50. The topological polar surface area (TPSA) is 43.7 Å². The molecule has 3 heteroatoms. The molecular formula is C10H23NO2. The summed E-state index contributed by atoms with van der Waals surface area (Å²) in [7, 11) is 0. The van der Waals surface area contributed by atoms with Crippen LogP contribution < -0.4 is 0 Å². The minimum absolute atomic E-state index is 0.135. The Kier molecular flexibility index (Phi) is 6.29. The molecule has 0 radical (unpaired) electrons. The molecule has 1 atom stereocenters. The fraction of sp³-hybridized carbons (Fsp3) is 1.00. The monoisotopic (exact) mass is 189 g/mol. The van der Waals surface area contributed by atoms with Crippen LogP contribution in [0.25, 0.3) is 0 Å². The maximum Gasteiger partial charge on any atom is 0.0783 e. The Morgan fingerprint density at radius 2 is 1.54 bits per heavy atom. The Bertz CT molecular complexity index is 118. The largest absolute Gasteiger partial charge is 0.394 e. The summed E-state index contributed by atoms with van der Waals surface area (Å²) < 4.78 is 0. The molecule has 0 spiro atoms. The van der Waals surface area contributed by atoms with Crippen LogP contribution in [-0.4, -0.2) is 46.5 Å².